The minimum absolute atomic E-state index is 0.122. The third kappa shape index (κ3) is 3.06. The van der Waals surface area contributed by atoms with Crippen molar-refractivity contribution in [2.75, 3.05) is 19.6 Å². The molecule has 3 heterocycles. The van der Waals surface area contributed by atoms with Crippen LogP contribution in [-0.4, -0.2) is 52.3 Å². The number of amides is 2. The Morgan fingerprint density at radius 3 is 2.90 bits per heavy atom. The number of pyridine rings is 1. The zero-order chi connectivity index (χ0) is 14.7. The van der Waals surface area contributed by atoms with Gasteiger partial charge in [-0.05, 0) is 31.4 Å². The van der Waals surface area contributed by atoms with Gasteiger partial charge in [0.15, 0.2) is 0 Å². The van der Waals surface area contributed by atoms with Crippen LogP contribution < -0.4 is 0 Å². The average molecular weight is 287 g/mol. The molecule has 2 amide bonds. The fourth-order valence-electron chi connectivity index (χ4n) is 3.20. The molecule has 1 aromatic rings. The summed E-state index contributed by atoms with van der Waals surface area (Å²) in [6.45, 7) is 1.92. The number of aromatic nitrogens is 1. The molecule has 5 nitrogen and oxygen atoms in total. The highest BCUT2D eigenvalue weighted by Crippen LogP contribution is 2.22. The fourth-order valence-corrected chi connectivity index (χ4v) is 3.20. The van der Waals surface area contributed by atoms with Crippen molar-refractivity contribution in [3.05, 3.63) is 30.1 Å². The van der Waals surface area contributed by atoms with Gasteiger partial charge in [0, 0.05) is 44.4 Å². The van der Waals surface area contributed by atoms with Gasteiger partial charge in [0.25, 0.3) is 0 Å². The van der Waals surface area contributed by atoms with Crippen molar-refractivity contribution in [2.24, 2.45) is 0 Å². The van der Waals surface area contributed by atoms with E-state index in [1.807, 2.05) is 23.1 Å². The summed E-state index contributed by atoms with van der Waals surface area (Å²) in [5, 5.41) is 0. The molecule has 0 aromatic carbocycles. The molecule has 5 heteroatoms. The molecule has 0 aliphatic carbocycles. The van der Waals surface area contributed by atoms with Crippen molar-refractivity contribution in [1.82, 2.24) is 14.8 Å². The summed E-state index contributed by atoms with van der Waals surface area (Å²) in [7, 11) is 0. The molecule has 1 unspecified atom stereocenters. The lowest BCUT2D eigenvalue weighted by molar-refractivity contribution is -0.143. The number of carbonyl (C=O) groups excluding carboxylic acids is 2. The molecular weight excluding hydrogens is 266 g/mol. The predicted molar refractivity (Wildman–Crippen MR) is 78.5 cm³/mol. The zero-order valence-electron chi connectivity index (χ0n) is 12.2. The standard InChI is InChI=1S/C16H21N3O2/c20-15-8-12-18(11-7-13-5-1-3-9-17-13)16(21)14-6-2-4-10-19(14)15/h1,3,5,9,14H,2,4,6-8,10-12H2. The van der Waals surface area contributed by atoms with Gasteiger partial charge in [0.2, 0.25) is 11.8 Å². The minimum atomic E-state index is -0.225. The van der Waals surface area contributed by atoms with Crippen LogP contribution in [0.15, 0.2) is 24.4 Å². The number of carbonyl (C=O) groups is 2. The van der Waals surface area contributed by atoms with Gasteiger partial charge in [0.1, 0.15) is 6.04 Å². The first-order valence-electron chi connectivity index (χ1n) is 7.74. The lowest BCUT2D eigenvalue weighted by Gasteiger charge is -2.34. The van der Waals surface area contributed by atoms with E-state index in [1.54, 1.807) is 11.1 Å². The number of hydrogen-bond acceptors (Lipinski definition) is 3. The third-order valence-corrected chi connectivity index (χ3v) is 4.38. The summed E-state index contributed by atoms with van der Waals surface area (Å²) in [6.07, 6.45) is 5.83. The molecule has 21 heavy (non-hydrogen) atoms. The van der Waals surface area contributed by atoms with Crippen molar-refractivity contribution in [3.63, 3.8) is 0 Å². The normalized spacial score (nSPS) is 23.0. The van der Waals surface area contributed by atoms with Crippen LogP contribution in [0.1, 0.15) is 31.4 Å². The molecule has 2 aliphatic rings. The zero-order valence-corrected chi connectivity index (χ0v) is 12.2. The van der Waals surface area contributed by atoms with Gasteiger partial charge in [0.05, 0.1) is 0 Å². The van der Waals surface area contributed by atoms with E-state index in [4.69, 9.17) is 0 Å². The topological polar surface area (TPSA) is 53.5 Å². The van der Waals surface area contributed by atoms with Crippen LogP contribution in [0.4, 0.5) is 0 Å². The molecule has 0 spiro atoms. The SMILES string of the molecule is O=C1C2CCCCN2C(=O)CCN1CCc1ccccn1. The van der Waals surface area contributed by atoms with E-state index >= 15 is 0 Å². The number of rotatable bonds is 3. The quantitative estimate of drug-likeness (QED) is 0.840. The molecule has 1 aromatic heterocycles. The Labute approximate surface area is 124 Å². The molecule has 2 aliphatic heterocycles. The predicted octanol–water partition coefficient (Wildman–Crippen LogP) is 1.24. The van der Waals surface area contributed by atoms with E-state index in [1.165, 1.54) is 0 Å². The van der Waals surface area contributed by atoms with Crippen molar-refractivity contribution in [1.29, 1.82) is 0 Å². The van der Waals surface area contributed by atoms with Gasteiger partial charge < -0.3 is 9.80 Å². The number of piperidine rings is 1. The summed E-state index contributed by atoms with van der Waals surface area (Å²) in [5.41, 5.74) is 0.987. The van der Waals surface area contributed by atoms with E-state index in [-0.39, 0.29) is 17.9 Å². The van der Waals surface area contributed by atoms with Crippen LogP contribution in [0, 0.1) is 0 Å². The van der Waals surface area contributed by atoms with Gasteiger partial charge in [-0.3, -0.25) is 14.6 Å². The van der Waals surface area contributed by atoms with Crippen LogP contribution in [0.3, 0.4) is 0 Å². The van der Waals surface area contributed by atoms with Crippen molar-refractivity contribution in [3.8, 4) is 0 Å². The maximum Gasteiger partial charge on any atom is 0.245 e. The first kappa shape index (κ1) is 14.0. The number of nitrogens with zero attached hydrogens (tertiary/aromatic N) is 3. The fraction of sp³-hybridized carbons (Fsp3) is 0.562. The Balaban J connectivity index is 1.68. The average Bonchev–Trinajstić information content (AvgIpc) is 2.66. The van der Waals surface area contributed by atoms with Crippen LogP contribution in [0.5, 0.6) is 0 Å². The van der Waals surface area contributed by atoms with Crippen LogP contribution >= 0.6 is 0 Å². The van der Waals surface area contributed by atoms with Crippen molar-refractivity contribution >= 4 is 11.8 Å². The molecule has 0 saturated carbocycles. The van der Waals surface area contributed by atoms with Crippen LogP contribution in [0.25, 0.3) is 0 Å². The van der Waals surface area contributed by atoms with E-state index in [2.05, 4.69) is 4.98 Å². The Hall–Kier alpha value is -1.91. The highest BCUT2D eigenvalue weighted by molar-refractivity contribution is 5.90. The van der Waals surface area contributed by atoms with E-state index in [9.17, 15) is 9.59 Å². The first-order chi connectivity index (χ1) is 10.3. The van der Waals surface area contributed by atoms with Gasteiger partial charge in [-0.25, -0.2) is 0 Å². The second kappa shape index (κ2) is 6.24. The lowest BCUT2D eigenvalue weighted by atomic mass is 10.0. The second-order valence-corrected chi connectivity index (χ2v) is 5.75. The van der Waals surface area contributed by atoms with Gasteiger partial charge in [-0.2, -0.15) is 0 Å². The first-order valence-corrected chi connectivity index (χ1v) is 7.74. The van der Waals surface area contributed by atoms with Crippen molar-refractivity contribution < 1.29 is 9.59 Å². The second-order valence-electron chi connectivity index (χ2n) is 5.75. The molecule has 1 atom stereocenters. The maximum absolute atomic E-state index is 12.7. The summed E-state index contributed by atoms with van der Waals surface area (Å²) in [6, 6.07) is 5.59. The Morgan fingerprint density at radius 2 is 2.10 bits per heavy atom. The molecule has 0 bridgehead atoms. The maximum atomic E-state index is 12.7. The van der Waals surface area contributed by atoms with Gasteiger partial charge in [-0.15, -0.1) is 0 Å². The lowest BCUT2D eigenvalue weighted by Crippen LogP contribution is -2.50. The van der Waals surface area contributed by atoms with E-state index in [0.717, 1.165) is 37.9 Å². The Kier molecular flexibility index (Phi) is 4.18. The monoisotopic (exact) mass is 287 g/mol. The molecule has 0 radical (unpaired) electrons. The van der Waals surface area contributed by atoms with Crippen LogP contribution in [-0.2, 0) is 16.0 Å². The van der Waals surface area contributed by atoms with E-state index < -0.39 is 0 Å². The highest BCUT2D eigenvalue weighted by Gasteiger charge is 2.37. The summed E-state index contributed by atoms with van der Waals surface area (Å²) in [4.78, 5) is 32.7. The largest absolute Gasteiger partial charge is 0.340 e. The summed E-state index contributed by atoms with van der Waals surface area (Å²) < 4.78 is 0. The minimum Gasteiger partial charge on any atom is -0.340 e. The Bertz CT molecular complexity index is 518. The third-order valence-electron chi connectivity index (χ3n) is 4.38. The molecule has 2 saturated heterocycles. The molecule has 0 N–H and O–H groups in total. The Morgan fingerprint density at radius 1 is 1.19 bits per heavy atom. The smallest absolute Gasteiger partial charge is 0.245 e. The molecule has 2 fully saturated rings. The number of fused-ring (bicyclic) bond motifs is 1. The molecule has 112 valence electrons. The van der Waals surface area contributed by atoms with E-state index in [0.29, 0.717) is 19.5 Å². The summed E-state index contributed by atoms with van der Waals surface area (Å²) in [5.74, 6) is 0.255. The molecule has 3 rings (SSSR count). The van der Waals surface area contributed by atoms with Crippen LogP contribution in [0.2, 0.25) is 0 Å². The van der Waals surface area contributed by atoms with Crippen molar-refractivity contribution in [2.45, 2.75) is 38.1 Å². The number of hydrogen-bond donors (Lipinski definition) is 0. The molecular formula is C16H21N3O2. The van der Waals surface area contributed by atoms with Gasteiger partial charge >= 0.3 is 0 Å². The van der Waals surface area contributed by atoms with Gasteiger partial charge in [-0.1, -0.05) is 6.07 Å². The summed E-state index contributed by atoms with van der Waals surface area (Å²) >= 11 is 0. The highest BCUT2D eigenvalue weighted by atomic mass is 16.2.